The number of hydrogen-bond acceptors (Lipinski definition) is 3. The van der Waals surface area contributed by atoms with Gasteiger partial charge in [0.05, 0.1) is 12.5 Å². The molecule has 0 aliphatic heterocycles. The second-order valence-corrected chi connectivity index (χ2v) is 2.69. The molecule has 1 unspecified atom stereocenters. The minimum Gasteiger partial charge on any atom is -0.319 e. The van der Waals surface area contributed by atoms with Gasteiger partial charge in [-0.2, -0.15) is 10.5 Å². The molecule has 0 saturated heterocycles. The van der Waals surface area contributed by atoms with Crippen LogP contribution in [0.25, 0.3) is 0 Å². The molecule has 0 aromatic carbocycles. The Labute approximate surface area is 77.0 Å². The highest BCUT2D eigenvalue weighted by Crippen LogP contribution is 2.16. The molecule has 1 aromatic heterocycles. The molecule has 1 rings (SSSR count). The molecule has 0 saturated carbocycles. The van der Waals surface area contributed by atoms with Crippen LogP contribution < -0.4 is 0 Å². The normalized spacial score (nSPS) is 11.6. The fourth-order valence-corrected chi connectivity index (χ4v) is 1.24. The lowest BCUT2D eigenvalue weighted by Gasteiger charge is -2.12. The van der Waals surface area contributed by atoms with Crippen molar-refractivity contribution in [2.75, 3.05) is 0 Å². The van der Waals surface area contributed by atoms with Crippen LogP contribution in [-0.2, 0) is 0 Å². The van der Waals surface area contributed by atoms with Crippen molar-refractivity contribution in [3.05, 3.63) is 18.2 Å². The van der Waals surface area contributed by atoms with Gasteiger partial charge in [0.25, 0.3) is 0 Å². The largest absolute Gasteiger partial charge is 0.319 e. The summed E-state index contributed by atoms with van der Waals surface area (Å²) in [5.74, 6) is 0.377. The minimum atomic E-state index is 0.0714. The molecule has 66 valence electrons. The zero-order chi connectivity index (χ0) is 9.68. The van der Waals surface area contributed by atoms with Gasteiger partial charge in [-0.1, -0.05) is 6.92 Å². The minimum absolute atomic E-state index is 0.0714. The second-order valence-electron chi connectivity index (χ2n) is 2.69. The average molecular weight is 174 g/mol. The zero-order valence-electron chi connectivity index (χ0n) is 7.44. The van der Waals surface area contributed by atoms with Crippen LogP contribution in [0.2, 0.25) is 0 Å². The highest BCUT2D eigenvalue weighted by atomic mass is 15.1. The highest BCUT2D eigenvalue weighted by molar-refractivity contribution is 5.12. The van der Waals surface area contributed by atoms with Crippen molar-refractivity contribution < 1.29 is 0 Å². The quantitative estimate of drug-likeness (QED) is 0.699. The molecule has 0 aliphatic rings. The van der Waals surface area contributed by atoms with Gasteiger partial charge in [-0.25, -0.2) is 4.98 Å². The van der Waals surface area contributed by atoms with Crippen LogP contribution in [-0.4, -0.2) is 9.55 Å². The van der Waals surface area contributed by atoms with Gasteiger partial charge in [-0.3, -0.25) is 0 Å². The average Bonchev–Trinajstić information content (AvgIpc) is 2.61. The fourth-order valence-electron chi connectivity index (χ4n) is 1.24. The van der Waals surface area contributed by atoms with E-state index in [0.717, 1.165) is 6.42 Å². The summed E-state index contributed by atoms with van der Waals surface area (Å²) in [5, 5.41) is 17.3. The number of rotatable bonds is 3. The number of aromatic nitrogens is 2. The summed E-state index contributed by atoms with van der Waals surface area (Å²) in [5.41, 5.74) is 0. The molecule has 13 heavy (non-hydrogen) atoms. The lowest BCUT2D eigenvalue weighted by atomic mass is 10.1. The molecule has 4 nitrogen and oxygen atoms in total. The SMILES string of the molecule is CCC(CC#N)n1ccnc1C#N. The van der Waals surface area contributed by atoms with E-state index in [1.165, 1.54) is 0 Å². The standard InChI is InChI=1S/C9H10N4/c1-2-8(3-4-10)13-6-5-12-9(13)7-11/h5-6,8H,2-3H2,1H3. The van der Waals surface area contributed by atoms with Gasteiger partial charge in [0.1, 0.15) is 6.07 Å². The van der Waals surface area contributed by atoms with Crippen molar-refractivity contribution in [2.45, 2.75) is 25.8 Å². The Morgan fingerprint density at radius 2 is 2.38 bits per heavy atom. The van der Waals surface area contributed by atoms with E-state index in [-0.39, 0.29) is 6.04 Å². The van der Waals surface area contributed by atoms with E-state index in [4.69, 9.17) is 10.5 Å². The Morgan fingerprint density at radius 1 is 1.62 bits per heavy atom. The molecular formula is C9H10N4. The number of nitriles is 2. The summed E-state index contributed by atoms with van der Waals surface area (Å²) in [6.45, 7) is 1.99. The zero-order valence-corrected chi connectivity index (χ0v) is 7.44. The van der Waals surface area contributed by atoms with Gasteiger partial charge in [0.15, 0.2) is 0 Å². The molecule has 0 fully saturated rings. The van der Waals surface area contributed by atoms with Gasteiger partial charge in [0.2, 0.25) is 5.82 Å². The lowest BCUT2D eigenvalue weighted by Crippen LogP contribution is -2.08. The molecule has 0 amide bonds. The smallest absolute Gasteiger partial charge is 0.212 e. The third kappa shape index (κ3) is 1.86. The number of imidazole rings is 1. The maximum atomic E-state index is 8.70. The first-order valence-electron chi connectivity index (χ1n) is 4.13. The molecule has 0 bridgehead atoms. The third-order valence-corrected chi connectivity index (χ3v) is 1.96. The molecular weight excluding hydrogens is 164 g/mol. The Hall–Kier alpha value is -1.81. The predicted octanol–water partition coefficient (Wildman–Crippen LogP) is 1.62. The van der Waals surface area contributed by atoms with E-state index < -0.39 is 0 Å². The Bertz CT molecular complexity index is 352. The van der Waals surface area contributed by atoms with Crippen molar-refractivity contribution in [1.29, 1.82) is 10.5 Å². The lowest BCUT2D eigenvalue weighted by molar-refractivity contribution is 0.491. The predicted molar refractivity (Wildman–Crippen MR) is 46.5 cm³/mol. The first kappa shape index (κ1) is 9.28. The Kier molecular flexibility index (Phi) is 3.05. The monoisotopic (exact) mass is 174 g/mol. The van der Waals surface area contributed by atoms with Crippen molar-refractivity contribution in [3.8, 4) is 12.1 Å². The van der Waals surface area contributed by atoms with E-state index in [0.29, 0.717) is 12.2 Å². The summed E-state index contributed by atoms with van der Waals surface area (Å²) in [6, 6.07) is 4.16. The van der Waals surface area contributed by atoms with E-state index in [2.05, 4.69) is 11.1 Å². The van der Waals surface area contributed by atoms with E-state index >= 15 is 0 Å². The van der Waals surface area contributed by atoms with Gasteiger partial charge in [0, 0.05) is 18.4 Å². The highest BCUT2D eigenvalue weighted by Gasteiger charge is 2.11. The molecule has 1 atom stereocenters. The molecule has 1 aromatic rings. The maximum Gasteiger partial charge on any atom is 0.212 e. The topological polar surface area (TPSA) is 65.4 Å². The Morgan fingerprint density at radius 3 is 2.92 bits per heavy atom. The van der Waals surface area contributed by atoms with Gasteiger partial charge >= 0.3 is 0 Å². The van der Waals surface area contributed by atoms with Gasteiger partial charge in [-0.15, -0.1) is 0 Å². The van der Waals surface area contributed by atoms with Crippen molar-refractivity contribution in [3.63, 3.8) is 0 Å². The van der Waals surface area contributed by atoms with Crippen molar-refractivity contribution >= 4 is 0 Å². The van der Waals surface area contributed by atoms with Crippen molar-refractivity contribution in [2.24, 2.45) is 0 Å². The molecule has 0 spiro atoms. The molecule has 1 heterocycles. The summed E-state index contributed by atoms with van der Waals surface area (Å²) in [4.78, 5) is 3.88. The fraction of sp³-hybridized carbons (Fsp3) is 0.444. The second kappa shape index (κ2) is 4.27. The van der Waals surface area contributed by atoms with Crippen LogP contribution in [0.4, 0.5) is 0 Å². The Balaban J connectivity index is 2.93. The van der Waals surface area contributed by atoms with Crippen molar-refractivity contribution in [1.82, 2.24) is 9.55 Å². The van der Waals surface area contributed by atoms with Crippen LogP contribution in [0.3, 0.4) is 0 Å². The van der Waals surface area contributed by atoms with Crippen LogP contribution >= 0.6 is 0 Å². The first-order chi connectivity index (χ1) is 6.33. The number of nitrogens with zero attached hydrogens (tertiary/aromatic N) is 4. The maximum absolute atomic E-state index is 8.70. The van der Waals surface area contributed by atoms with E-state index in [1.807, 2.05) is 13.0 Å². The van der Waals surface area contributed by atoms with Crippen LogP contribution in [0.1, 0.15) is 31.6 Å². The third-order valence-electron chi connectivity index (χ3n) is 1.96. The summed E-state index contributed by atoms with van der Waals surface area (Å²) < 4.78 is 1.75. The van der Waals surface area contributed by atoms with E-state index in [1.54, 1.807) is 17.0 Å². The molecule has 4 heteroatoms. The van der Waals surface area contributed by atoms with Crippen LogP contribution in [0.5, 0.6) is 0 Å². The van der Waals surface area contributed by atoms with Crippen LogP contribution in [0.15, 0.2) is 12.4 Å². The number of hydrogen-bond donors (Lipinski definition) is 0. The summed E-state index contributed by atoms with van der Waals surface area (Å²) in [7, 11) is 0. The molecule has 0 aliphatic carbocycles. The molecule has 0 N–H and O–H groups in total. The molecule has 0 radical (unpaired) electrons. The summed E-state index contributed by atoms with van der Waals surface area (Å²) >= 11 is 0. The summed E-state index contributed by atoms with van der Waals surface area (Å²) in [6.07, 6.45) is 4.57. The first-order valence-corrected chi connectivity index (χ1v) is 4.13. The van der Waals surface area contributed by atoms with Gasteiger partial charge in [-0.05, 0) is 6.42 Å². The van der Waals surface area contributed by atoms with Gasteiger partial charge < -0.3 is 4.57 Å². The van der Waals surface area contributed by atoms with Crippen LogP contribution in [0, 0.1) is 22.7 Å². The van der Waals surface area contributed by atoms with E-state index in [9.17, 15) is 0 Å².